The number of methoxy groups -OCH3 is 1. The predicted molar refractivity (Wildman–Crippen MR) is 114 cm³/mol. The highest BCUT2D eigenvalue weighted by Gasteiger charge is 2.10. The van der Waals surface area contributed by atoms with Gasteiger partial charge in [0.15, 0.2) is 0 Å². The smallest absolute Gasteiger partial charge is 0.255 e. The van der Waals surface area contributed by atoms with E-state index in [0.717, 1.165) is 29.0 Å². The van der Waals surface area contributed by atoms with E-state index in [-0.39, 0.29) is 11.8 Å². The Kier molecular flexibility index (Phi) is 6.63. The molecule has 0 heterocycles. The number of ether oxygens (including phenoxy) is 1. The van der Waals surface area contributed by atoms with E-state index in [1.165, 1.54) is 0 Å². The molecule has 0 aliphatic rings. The highest BCUT2D eigenvalue weighted by molar-refractivity contribution is 6.05. The van der Waals surface area contributed by atoms with E-state index in [2.05, 4.69) is 10.6 Å². The molecule has 3 aromatic rings. The van der Waals surface area contributed by atoms with Crippen LogP contribution < -0.4 is 15.4 Å². The molecule has 2 amide bonds. The van der Waals surface area contributed by atoms with Crippen molar-refractivity contribution in [3.8, 4) is 5.75 Å². The summed E-state index contributed by atoms with van der Waals surface area (Å²) in [6, 6.07) is 21.9. The van der Waals surface area contributed by atoms with Crippen molar-refractivity contribution >= 4 is 17.5 Å². The van der Waals surface area contributed by atoms with Gasteiger partial charge in [0.25, 0.3) is 11.8 Å². The summed E-state index contributed by atoms with van der Waals surface area (Å²) in [5.41, 5.74) is 3.87. The van der Waals surface area contributed by atoms with E-state index in [4.69, 9.17) is 4.74 Å². The Morgan fingerprint density at radius 2 is 1.45 bits per heavy atom. The maximum Gasteiger partial charge on any atom is 0.255 e. The minimum absolute atomic E-state index is 0.191. The molecule has 148 valence electrons. The number of carbonyl (C=O) groups is 2. The molecule has 3 aromatic carbocycles. The number of aryl methyl sites for hydroxylation is 1. The first-order chi connectivity index (χ1) is 14.1. The largest absolute Gasteiger partial charge is 0.497 e. The molecule has 29 heavy (non-hydrogen) atoms. The Balaban J connectivity index is 1.59. The molecule has 0 saturated heterocycles. The van der Waals surface area contributed by atoms with Crippen LogP contribution in [0.25, 0.3) is 0 Å². The lowest BCUT2D eigenvalue weighted by Gasteiger charge is -2.10. The third kappa shape index (κ3) is 5.23. The summed E-state index contributed by atoms with van der Waals surface area (Å²) in [6.45, 7) is 2.46. The number of rotatable bonds is 7. The summed E-state index contributed by atoms with van der Waals surface area (Å²) in [6.07, 6.45) is 0.837. The van der Waals surface area contributed by atoms with Gasteiger partial charge in [-0.05, 0) is 60.0 Å². The zero-order valence-electron chi connectivity index (χ0n) is 16.6. The standard InChI is InChI=1S/C24H24N2O3/c1-3-18-6-4-5-7-22(18)26-24(28)20-12-10-19(11-13-20)23(27)25-16-17-8-14-21(29-2)15-9-17/h4-15H,3,16H2,1-2H3,(H,25,27)(H,26,28). The van der Waals surface area contributed by atoms with Gasteiger partial charge in [0, 0.05) is 23.4 Å². The number of para-hydroxylation sites is 1. The van der Waals surface area contributed by atoms with Crippen LogP contribution in [-0.2, 0) is 13.0 Å². The molecular formula is C24H24N2O3. The highest BCUT2D eigenvalue weighted by Crippen LogP contribution is 2.17. The Morgan fingerprint density at radius 3 is 2.07 bits per heavy atom. The molecular weight excluding hydrogens is 364 g/mol. The van der Waals surface area contributed by atoms with Crippen LogP contribution in [-0.4, -0.2) is 18.9 Å². The molecule has 0 aliphatic carbocycles. The van der Waals surface area contributed by atoms with Gasteiger partial charge in [-0.2, -0.15) is 0 Å². The molecule has 0 fully saturated rings. The summed E-state index contributed by atoms with van der Waals surface area (Å²) < 4.78 is 5.12. The van der Waals surface area contributed by atoms with Crippen LogP contribution in [0.4, 0.5) is 5.69 Å². The zero-order valence-corrected chi connectivity index (χ0v) is 16.6. The van der Waals surface area contributed by atoms with Gasteiger partial charge in [-0.15, -0.1) is 0 Å². The van der Waals surface area contributed by atoms with Crippen molar-refractivity contribution in [2.24, 2.45) is 0 Å². The normalized spacial score (nSPS) is 10.3. The number of anilines is 1. The lowest BCUT2D eigenvalue weighted by molar-refractivity contribution is 0.0949. The van der Waals surface area contributed by atoms with E-state index < -0.39 is 0 Å². The van der Waals surface area contributed by atoms with Gasteiger partial charge >= 0.3 is 0 Å². The lowest BCUT2D eigenvalue weighted by Crippen LogP contribution is -2.23. The molecule has 0 radical (unpaired) electrons. The van der Waals surface area contributed by atoms with Crippen molar-refractivity contribution in [3.05, 3.63) is 95.1 Å². The minimum atomic E-state index is -0.198. The SMILES string of the molecule is CCc1ccccc1NC(=O)c1ccc(C(=O)NCc2ccc(OC)cc2)cc1. The van der Waals surface area contributed by atoms with Crippen molar-refractivity contribution in [1.29, 1.82) is 0 Å². The van der Waals surface area contributed by atoms with Gasteiger partial charge in [0.05, 0.1) is 7.11 Å². The summed E-state index contributed by atoms with van der Waals surface area (Å²) in [5.74, 6) is 0.385. The van der Waals surface area contributed by atoms with Gasteiger partial charge in [0.1, 0.15) is 5.75 Å². The molecule has 0 aromatic heterocycles. The van der Waals surface area contributed by atoms with E-state index >= 15 is 0 Å². The second kappa shape index (κ2) is 9.55. The summed E-state index contributed by atoms with van der Waals surface area (Å²) in [7, 11) is 1.61. The topological polar surface area (TPSA) is 67.4 Å². The van der Waals surface area contributed by atoms with Crippen LogP contribution in [0.2, 0.25) is 0 Å². The van der Waals surface area contributed by atoms with E-state index in [1.807, 2.05) is 55.5 Å². The Morgan fingerprint density at radius 1 is 0.828 bits per heavy atom. The van der Waals surface area contributed by atoms with Gasteiger partial charge in [0.2, 0.25) is 0 Å². The molecule has 0 bridgehead atoms. The van der Waals surface area contributed by atoms with Crippen LogP contribution in [0, 0.1) is 0 Å². The summed E-state index contributed by atoms with van der Waals surface area (Å²) in [4.78, 5) is 24.9. The van der Waals surface area contributed by atoms with Crippen molar-refractivity contribution in [2.75, 3.05) is 12.4 Å². The van der Waals surface area contributed by atoms with Gasteiger partial charge in [-0.1, -0.05) is 37.3 Å². The fourth-order valence-electron chi connectivity index (χ4n) is 2.95. The van der Waals surface area contributed by atoms with Crippen molar-refractivity contribution in [2.45, 2.75) is 19.9 Å². The van der Waals surface area contributed by atoms with Gasteiger partial charge in [-0.3, -0.25) is 9.59 Å². The molecule has 0 atom stereocenters. The second-order valence-corrected chi connectivity index (χ2v) is 6.57. The number of hydrogen-bond acceptors (Lipinski definition) is 3. The van der Waals surface area contributed by atoms with Crippen LogP contribution in [0.15, 0.2) is 72.8 Å². The van der Waals surface area contributed by atoms with Crippen molar-refractivity contribution in [1.82, 2.24) is 5.32 Å². The fourth-order valence-corrected chi connectivity index (χ4v) is 2.95. The monoisotopic (exact) mass is 388 g/mol. The Hall–Kier alpha value is -3.60. The summed E-state index contributed by atoms with van der Waals surface area (Å²) in [5, 5.41) is 5.81. The van der Waals surface area contributed by atoms with Crippen LogP contribution in [0.1, 0.15) is 38.8 Å². The van der Waals surface area contributed by atoms with Crippen LogP contribution in [0.3, 0.4) is 0 Å². The highest BCUT2D eigenvalue weighted by atomic mass is 16.5. The Bertz CT molecular complexity index is 980. The van der Waals surface area contributed by atoms with Crippen LogP contribution in [0.5, 0.6) is 5.75 Å². The number of benzene rings is 3. The zero-order chi connectivity index (χ0) is 20.6. The number of hydrogen-bond donors (Lipinski definition) is 2. The van der Waals surface area contributed by atoms with Gasteiger partial charge < -0.3 is 15.4 Å². The van der Waals surface area contributed by atoms with Gasteiger partial charge in [-0.25, -0.2) is 0 Å². The van der Waals surface area contributed by atoms with Crippen molar-refractivity contribution < 1.29 is 14.3 Å². The number of amides is 2. The third-order valence-electron chi connectivity index (χ3n) is 4.67. The Labute approximate surface area is 170 Å². The predicted octanol–water partition coefficient (Wildman–Crippen LogP) is 4.44. The first-order valence-corrected chi connectivity index (χ1v) is 9.51. The fraction of sp³-hybridized carbons (Fsp3) is 0.167. The van der Waals surface area contributed by atoms with E-state index in [0.29, 0.717) is 17.7 Å². The van der Waals surface area contributed by atoms with Crippen LogP contribution >= 0.6 is 0 Å². The quantitative estimate of drug-likeness (QED) is 0.629. The molecule has 3 rings (SSSR count). The van der Waals surface area contributed by atoms with E-state index in [1.54, 1.807) is 31.4 Å². The molecule has 0 spiro atoms. The maximum atomic E-state index is 12.5. The average molecular weight is 388 g/mol. The third-order valence-corrected chi connectivity index (χ3v) is 4.67. The van der Waals surface area contributed by atoms with Crippen molar-refractivity contribution in [3.63, 3.8) is 0 Å². The lowest BCUT2D eigenvalue weighted by atomic mass is 10.1. The van der Waals surface area contributed by atoms with E-state index in [9.17, 15) is 9.59 Å². The molecule has 0 unspecified atom stereocenters. The molecule has 5 nitrogen and oxygen atoms in total. The first-order valence-electron chi connectivity index (χ1n) is 9.51. The first kappa shape index (κ1) is 20.1. The molecule has 5 heteroatoms. The maximum absolute atomic E-state index is 12.5. The molecule has 0 aliphatic heterocycles. The minimum Gasteiger partial charge on any atom is -0.497 e. The molecule has 0 saturated carbocycles. The average Bonchev–Trinajstić information content (AvgIpc) is 2.78. The summed E-state index contributed by atoms with van der Waals surface area (Å²) >= 11 is 0. The molecule has 2 N–H and O–H groups in total. The number of carbonyl (C=O) groups excluding carboxylic acids is 2. The number of nitrogens with one attached hydrogen (secondary N) is 2. The second-order valence-electron chi connectivity index (χ2n) is 6.57.